The molecule has 1 aliphatic carbocycles. The van der Waals surface area contributed by atoms with Gasteiger partial charge in [0.25, 0.3) is 0 Å². The molecule has 0 saturated heterocycles. The van der Waals surface area contributed by atoms with Crippen molar-refractivity contribution in [3.63, 3.8) is 0 Å². The van der Waals surface area contributed by atoms with E-state index in [1.54, 1.807) is 0 Å². The van der Waals surface area contributed by atoms with Crippen molar-refractivity contribution < 1.29 is 17.6 Å². The Morgan fingerprint density at radius 2 is 2.18 bits per heavy atom. The van der Waals surface area contributed by atoms with Crippen LogP contribution in [0.4, 0.5) is 13.2 Å². The Morgan fingerprint density at radius 3 is 2.82 bits per heavy atom. The fraction of sp³-hybridized carbons (Fsp3) is 0.727. The second-order valence-electron chi connectivity index (χ2n) is 4.34. The van der Waals surface area contributed by atoms with Crippen molar-refractivity contribution in [3.8, 4) is 0 Å². The maximum Gasteiger partial charge on any atom is 0.396 e. The summed E-state index contributed by atoms with van der Waals surface area (Å²) in [5.41, 5.74) is 0. The molecular weight excluding hydrogens is 233 g/mol. The fourth-order valence-corrected chi connectivity index (χ4v) is 1.58. The second kappa shape index (κ2) is 5.08. The van der Waals surface area contributed by atoms with Gasteiger partial charge in [-0.15, -0.1) is 0 Å². The van der Waals surface area contributed by atoms with Crippen molar-refractivity contribution >= 4 is 0 Å². The van der Waals surface area contributed by atoms with Crippen molar-refractivity contribution in [2.45, 2.75) is 44.3 Å². The summed E-state index contributed by atoms with van der Waals surface area (Å²) >= 11 is 0. The normalized spacial score (nSPS) is 16.4. The van der Waals surface area contributed by atoms with Gasteiger partial charge in [0.15, 0.2) is 5.89 Å². The largest absolute Gasteiger partial charge is 0.445 e. The summed E-state index contributed by atoms with van der Waals surface area (Å²) in [4.78, 5) is 3.84. The Bertz CT molecular complexity index is 358. The molecule has 1 heterocycles. The van der Waals surface area contributed by atoms with Gasteiger partial charge in [0, 0.05) is 12.5 Å². The SMILES string of the molecule is FC(F)(F)Cc1cnc(CCCNC2CC2)o1. The van der Waals surface area contributed by atoms with Crippen LogP contribution in [0.15, 0.2) is 10.6 Å². The third-order valence-electron chi connectivity index (χ3n) is 2.55. The average Bonchev–Trinajstić information content (AvgIpc) is 2.93. The Kier molecular flexibility index (Phi) is 3.71. The lowest BCUT2D eigenvalue weighted by molar-refractivity contribution is -0.130. The predicted octanol–water partition coefficient (Wildman–Crippen LogP) is 2.46. The van der Waals surface area contributed by atoms with E-state index in [2.05, 4.69) is 10.3 Å². The summed E-state index contributed by atoms with van der Waals surface area (Å²) in [6.45, 7) is 0.863. The highest BCUT2D eigenvalue weighted by Crippen LogP contribution is 2.22. The maximum absolute atomic E-state index is 12.1. The molecule has 1 aromatic heterocycles. The predicted molar refractivity (Wildman–Crippen MR) is 55.6 cm³/mol. The Hall–Kier alpha value is -1.04. The monoisotopic (exact) mass is 248 g/mol. The number of alkyl halides is 3. The van der Waals surface area contributed by atoms with Gasteiger partial charge in [-0.3, -0.25) is 0 Å². The zero-order valence-corrected chi connectivity index (χ0v) is 9.39. The quantitative estimate of drug-likeness (QED) is 0.786. The van der Waals surface area contributed by atoms with Crippen LogP contribution in [0.1, 0.15) is 30.9 Å². The van der Waals surface area contributed by atoms with Crippen LogP contribution in [-0.4, -0.2) is 23.7 Å². The van der Waals surface area contributed by atoms with Gasteiger partial charge in [-0.1, -0.05) is 0 Å². The maximum atomic E-state index is 12.1. The highest BCUT2D eigenvalue weighted by atomic mass is 19.4. The number of hydrogen-bond acceptors (Lipinski definition) is 3. The minimum atomic E-state index is -4.23. The van der Waals surface area contributed by atoms with Crippen molar-refractivity contribution in [2.75, 3.05) is 6.54 Å². The van der Waals surface area contributed by atoms with E-state index in [1.807, 2.05) is 0 Å². The number of nitrogens with zero attached hydrogens (tertiary/aromatic N) is 1. The number of rotatable bonds is 6. The van der Waals surface area contributed by atoms with E-state index in [-0.39, 0.29) is 5.76 Å². The molecule has 1 fully saturated rings. The number of aryl methyl sites for hydroxylation is 1. The number of oxazole rings is 1. The molecule has 1 saturated carbocycles. The molecule has 0 atom stereocenters. The Labute approximate surface area is 97.4 Å². The first-order valence-electron chi connectivity index (χ1n) is 5.77. The minimum Gasteiger partial charge on any atom is -0.445 e. The molecule has 0 amide bonds. The van der Waals surface area contributed by atoms with E-state index >= 15 is 0 Å². The Morgan fingerprint density at radius 1 is 1.41 bits per heavy atom. The molecule has 0 aromatic carbocycles. The molecule has 3 nitrogen and oxygen atoms in total. The van der Waals surface area contributed by atoms with E-state index < -0.39 is 12.6 Å². The lowest BCUT2D eigenvalue weighted by Gasteiger charge is -2.02. The lowest BCUT2D eigenvalue weighted by Crippen LogP contribution is -2.17. The number of hydrogen-bond donors (Lipinski definition) is 1. The fourth-order valence-electron chi connectivity index (χ4n) is 1.58. The van der Waals surface area contributed by atoms with Gasteiger partial charge in [-0.25, -0.2) is 4.98 Å². The van der Waals surface area contributed by atoms with Crippen LogP contribution in [0.5, 0.6) is 0 Å². The van der Waals surface area contributed by atoms with Gasteiger partial charge in [0.05, 0.1) is 6.20 Å². The van der Waals surface area contributed by atoms with Crippen molar-refractivity contribution in [2.24, 2.45) is 0 Å². The first-order valence-corrected chi connectivity index (χ1v) is 5.77. The van der Waals surface area contributed by atoms with E-state index in [0.717, 1.165) is 19.2 Å². The van der Waals surface area contributed by atoms with E-state index in [1.165, 1.54) is 12.8 Å². The molecule has 1 N–H and O–H groups in total. The van der Waals surface area contributed by atoms with Crippen LogP contribution >= 0.6 is 0 Å². The molecule has 0 unspecified atom stereocenters. The first kappa shape index (κ1) is 12.4. The van der Waals surface area contributed by atoms with Crippen LogP contribution in [0.2, 0.25) is 0 Å². The summed E-state index contributed by atoms with van der Waals surface area (Å²) in [6.07, 6.45) is -0.231. The van der Waals surface area contributed by atoms with Gasteiger partial charge in [0.1, 0.15) is 12.2 Å². The zero-order chi connectivity index (χ0) is 12.3. The third kappa shape index (κ3) is 4.77. The van der Waals surface area contributed by atoms with Crippen LogP contribution in [0.3, 0.4) is 0 Å². The lowest BCUT2D eigenvalue weighted by atomic mass is 10.3. The van der Waals surface area contributed by atoms with Crippen molar-refractivity contribution in [3.05, 3.63) is 17.8 Å². The van der Waals surface area contributed by atoms with E-state index in [9.17, 15) is 13.2 Å². The second-order valence-corrected chi connectivity index (χ2v) is 4.34. The van der Waals surface area contributed by atoms with Gasteiger partial charge in [0.2, 0.25) is 0 Å². The van der Waals surface area contributed by atoms with E-state index in [4.69, 9.17) is 4.42 Å². The minimum absolute atomic E-state index is 0.109. The topological polar surface area (TPSA) is 38.1 Å². The molecule has 0 bridgehead atoms. The average molecular weight is 248 g/mol. The summed E-state index contributed by atoms with van der Waals surface area (Å²) in [5, 5.41) is 3.32. The number of nitrogens with one attached hydrogen (secondary N) is 1. The summed E-state index contributed by atoms with van der Waals surface area (Å²) in [7, 11) is 0. The van der Waals surface area contributed by atoms with Crippen molar-refractivity contribution in [1.82, 2.24) is 10.3 Å². The summed E-state index contributed by atoms with van der Waals surface area (Å²) in [6, 6.07) is 0.653. The van der Waals surface area contributed by atoms with Gasteiger partial charge < -0.3 is 9.73 Å². The van der Waals surface area contributed by atoms with Crippen LogP contribution < -0.4 is 5.32 Å². The standard InChI is InChI=1S/C11H15F3N2O/c12-11(13,14)6-9-7-16-10(17-9)2-1-5-15-8-3-4-8/h7-8,15H,1-6H2. The van der Waals surface area contributed by atoms with Gasteiger partial charge in [-0.05, 0) is 25.8 Å². The number of halogens is 3. The molecule has 96 valence electrons. The molecule has 1 aromatic rings. The van der Waals surface area contributed by atoms with Gasteiger partial charge in [-0.2, -0.15) is 13.2 Å². The summed E-state index contributed by atoms with van der Waals surface area (Å²) < 4.78 is 41.2. The summed E-state index contributed by atoms with van der Waals surface area (Å²) in [5.74, 6) is 0.282. The molecule has 2 rings (SSSR count). The first-order chi connectivity index (χ1) is 8.03. The molecule has 17 heavy (non-hydrogen) atoms. The molecule has 0 radical (unpaired) electrons. The van der Waals surface area contributed by atoms with Crippen LogP contribution in [-0.2, 0) is 12.8 Å². The smallest absolute Gasteiger partial charge is 0.396 e. The highest BCUT2D eigenvalue weighted by Gasteiger charge is 2.29. The zero-order valence-electron chi connectivity index (χ0n) is 9.39. The molecule has 0 aliphatic heterocycles. The van der Waals surface area contributed by atoms with Gasteiger partial charge >= 0.3 is 6.18 Å². The molecule has 1 aliphatic rings. The highest BCUT2D eigenvalue weighted by molar-refractivity contribution is 4.96. The van der Waals surface area contributed by atoms with Crippen LogP contribution in [0.25, 0.3) is 0 Å². The number of aromatic nitrogens is 1. The van der Waals surface area contributed by atoms with E-state index in [0.29, 0.717) is 18.4 Å². The Balaban J connectivity index is 1.69. The molecule has 0 spiro atoms. The molecule has 6 heteroatoms. The van der Waals surface area contributed by atoms with Crippen molar-refractivity contribution in [1.29, 1.82) is 0 Å². The third-order valence-corrected chi connectivity index (χ3v) is 2.55. The van der Waals surface area contributed by atoms with Crippen LogP contribution in [0, 0.1) is 0 Å². The molecular formula is C11H15F3N2O.